The topological polar surface area (TPSA) is 42.2 Å². The van der Waals surface area contributed by atoms with Crippen molar-refractivity contribution in [3.63, 3.8) is 0 Å². The number of nitrogens with zero attached hydrogens (tertiary/aromatic N) is 1. The second-order valence-electron chi connectivity index (χ2n) is 3.96. The van der Waals surface area contributed by atoms with Gasteiger partial charge in [0.2, 0.25) is 0 Å². The zero-order chi connectivity index (χ0) is 12.6. The van der Waals surface area contributed by atoms with Gasteiger partial charge in [-0.1, -0.05) is 23.2 Å². The molecule has 3 nitrogen and oxygen atoms in total. The van der Waals surface area contributed by atoms with Gasteiger partial charge in [0, 0.05) is 29.6 Å². The van der Waals surface area contributed by atoms with Crippen LogP contribution in [0.2, 0.25) is 5.15 Å². The van der Waals surface area contributed by atoms with Crippen LogP contribution in [0.1, 0.15) is 11.1 Å². The quantitative estimate of drug-likeness (QED) is 0.831. The number of benzene rings is 1. The van der Waals surface area contributed by atoms with Gasteiger partial charge in [-0.05, 0) is 25.1 Å². The van der Waals surface area contributed by atoms with Gasteiger partial charge in [-0.2, -0.15) is 0 Å². The van der Waals surface area contributed by atoms with Crippen molar-refractivity contribution in [1.82, 2.24) is 4.57 Å². The Balaban J connectivity index is 2.72. The summed E-state index contributed by atoms with van der Waals surface area (Å²) in [5, 5.41) is 10.2. The number of halogens is 1. The van der Waals surface area contributed by atoms with Crippen LogP contribution < -0.4 is 0 Å². The van der Waals surface area contributed by atoms with Crippen molar-refractivity contribution in [1.29, 1.82) is 0 Å². The molecule has 0 aliphatic heterocycles. The average Bonchev–Trinajstić information content (AvgIpc) is 2.49. The lowest BCUT2D eigenvalue weighted by Crippen LogP contribution is -1.87. The number of hydrogen-bond donors (Lipinski definition) is 1. The Labute approximate surface area is 104 Å². The third-order valence-electron chi connectivity index (χ3n) is 2.71. The van der Waals surface area contributed by atoms with E-state index in [4.69, 9.17) is 16.7 Å². The molecule has 88 valence electrons. The van der Waals surface area contributed by atoms with E-state index in [1.54, 1.807) is 0 Å². The minimum atomic E-state index is -0.981. The summed E-state index contributed by atoms with van der Waals surface area (Å²) >= 11 is 6.19. The van der Waals surface area contributed by atoms with E-state index in [9.17, 15) is 4.79 Å². The van der Waals surface area contributed by atoms with Crippen molar-refractivity contribution in [2.24, 2.45) is 7.05 Å². The fraction of sp³-hybridized carbons (Fsp3) is 0.154. The Morgan fingerprint density at radius 3 is 2.82 bits per heavy atom. The summed E-state index contributed by atoms with van der Waals surface area (Å²) in [5.74, 6) is -0.981. The highest BCUT2D eigenvalue weighted by Gasteiger charge is 2.11. The van der Waals surface area contributed by atoms with Crippen LogP contribution in [0.25, 0.3) is 17.0 Å². The molecule has 0 fully saturated rings. The van der Waals surface area contributed by atoms with Crippen LogP contribution >= 0.6 is 11.6 Å². The van der Waals surface area contributed by atoms with Gasteiger partial charge in [0.05, 0.1) is 0 Å². The largest absolute Gasteiger partial charge is 0.478 e. The lowest BCUT2D eigenvalue weighted by atomic mass is 10.1. The summed E-state index contributed by atoms with van der Waals surface area (Å²) in [6, 6.07) is 5.99. The molecule has 2 aromatic rings. The first-order valence-corrected chi connectivity index (χ1v) is 5.54. The van der Waals surface area contributed by atoms with Gasteiger partial charge in [0.25, 0.3) is 0 Å². The SMILES string of the molecule is Cc1ccc2c(c1)c(/C=C/C(=O)O)c(Cl)n2C. The number of carboxylic acid groups (broad SMARTS) is 1. The van der Waals surface area contributed by atoms with Crippen molar-refractivity contribution in [2.45, 2.75) is 6.92 Å². The van der Waals surface area contributed by atoms with Crippen LogP contribution in [0.4, 0.5) is 0 Å². The zero-order valence-corrected chi connectivity index (χ0v) is 10.3. The minimum Gasteiger partial charge on any atom is -0.478 e. The van der Waals surface area contributed by atoms with E-state index in [1.165, 1.54) is 6.08 Å². The second kappa shape index (κ2) is 4.26. The Hall–Kier alpha value is -1.74. The van der Waals surface area contributed by atoms with Gasteiger partial charge >= 0.3 is 5.97 Å². The first-order chi connectivity index (χ1) is 8.00. The molecule has 1 aromatic heterocycles. The molecular weight excluding hydrogens is 238 g/mol. The summed E-state index contributed by atoms with van der Waals surface area (Å²) in [4.78, 5) is 10.6. The molecule has 0 radical (unpaired) electrons. The summed E-state index contributed by atoms with van der Waals surface area (Å²) in [5.41, 5.74) is 2.85. The highest BCUT2D eigenvalue weighted by molar-refractivity contribution is 6.33. The number of aliphatic carboxylic acids is 1. The van der Waals surface area contributed by atoms with Crippen molar-refractivity contribution in [2.75, 3.05) is 0 Å². The number of fused-ring (bicyclic) bond motifs is 1. The molecule has 0 saturated carbocycles. The standard InChI is InChI=1S/C13H12ClNO2/c1-8-3-5-11-10(7-8)9(4-6-12(16)17)13(14)15(11)2/h3-7H,1-2H3,(H,16,17)/b6-4+. The van der Waals surface area contributed by atoms with Crippen LogP contribution in [0.5, 0.6) is 0 Å². The van der Waals surface area contributed by atoms with Crippen LogP contribution in [0, 0.1) is 6.92 Å². The van der Waals surface area contributed by atoms with Crippen molar-refractivity contribution >= 4 is 34.5 Å². The van der Waals surface area contributed by atoms with E-state index >= 15 is 0 Å². The molecule has 17 heavy (non-hydrogen) atoms. The molecule has 2 rings (SSSR count). The molecule has 0 bridgehead atoms. The molecule has 0 aliphatic carbocycles. The lowest BCUT2D eigenvalue weighted by Gasteiger charge is -1.97. The Kier molecular flexibility index (Phi) is 2.94. The Morgan fingerprint density at radius 2 is 2.18 bits per heavy atom. The number of aryl methyl sites for hydroxylation is 2. The first-order valence-electron chi connectivity index (χ1n) is 5.16. The Morgan fingerprint density at radius 1 is 1.47 bits per heavy atom. The highest BCUT2D eigenvalue weighted by atomic mass is 35.5. The maximum absolute atomic E-state index is 10.6. The smallest absolute Gasteiger partial charge is 0.328 e. The maximum Gasteiger partial charge on any atom is 0.328 e. The molecule has 0 spiro atoms. The third kappa shape index (κ3) is 2.06. The third-order valence-corrected chi connectivity index (χ3v) is 3.17. The predicted molar refractivity (Wildman–Crippen MR) is 69.3 cm³/mol. The van der Waals surface area contributed by atoms with Gasteiger partial charge in [-0.15, -0.1) is 0 Å². The average molecular weight is 250 g/mol. The lowest BCUT2D eigenvalue weighted by molar-refractivity contribution is -0.131. The first kappa shape index (κ1) is 11.7. The number of carboxylic acids is 1. The molecule has 0 amide bonds. The van der Waals surface area contributed by atoms with E-state index in [1.807, 2.05) is 36.7 Å². The normalized spacial score (nSPS) is 11.5. The summed E-state index contributed by atoms with van der Waals surface area (Å²) in [7, 11) is 1.86. The molecular formula is C13H12ClNO2. The number of carbonyl (C=O) groups is 1. The van der Waals surface area contributed by atoms with Crippen molar-refractivity contribution in [3.8, 4) is 0 Å². The molecule has 0 atom stereocenters. The summed E-state index contributed by atoms with van der Waals surface area (Å²) in [6.45, 7) is 1.99. The van der Waals surface area contributed by atoms with Crippen LogP contribution in [0.3, 0.4) is 0 Å². The molecule has 0 unspecified atom stereocenters. The van der Waals surface area contributed by atoms with E-state index in [2.05, 4.69) is 0 Å². The predicted octanol–water partition coefficient (Wildman–Crippen LogP) is 3.24. The summed E-state index contributed by atoms with van der Waals surface area (Å²) < 4.78 is 1.85. The number of rotatable bonds is 2. The fourth-order valence-electron chi connectivity index (χ4n) is 1.87. The molecule has 1 N–H and O–H groups in total. The fourth-order valence-corrected chi connectivity index (χ4v) is 2.12. The van der Waals surface area contributed by atoms with Crippen LogP contribution in [-0.4, -0.2) is 15.6 Å². The zero-order valence-electron chi connectivity index (χ0n) is 9.57. The van der Waals surface area contributed by atoms with Gasteiger partial charge in [0.15, 0.2) is 0 Å². The molecule has 1 heterocycles. The van der Waals surface area contributed by atoms with E-state index in [0.717, 1.165) is 28.1 Å². The monoisotopic (exact) mass is 249 g/mol. The minimum absolute atomic E-state index is 0.545. The number of aromatic nitrogens is 1. The van der Waals surface area contributed by atoms with E-state index in [0.29, 0.717) is 5.15 Å². The highest BCUT2D eigenvalue weighted by Crippen LogP contribution is 2.30. The van der Waals surface area contributed by atoms with Gasteiger partial charge in [0.1, 0.15) is 5.15 Å². The molecule has 4 heteroatoms. The molecule has 0 aliphatic rings. The summed E-state index contributed by atoms with van der Waals surface area (Å²) in [6.07, 6.45) is 2.63. The van der Waals surface area contributed by atoms with Crippen molar-refractivity contribution < 1.29 is 9.90 Å². The van der Waals surface area contributed by atoms with Gasteiger partial charge < -0.3 is 9.67 Å². The maximum atomic E-state index is 10.6. The Bertz CT molecular complexity index is 626. The van der Waals surface area contributed by atoms with Crippen LogP contribution in [-0.2, 0) is 11.8 Å². The number of hydrogen-bond acceptors (Lipinski definition) is 1. The van der Waals surface area contributed by atoms with Gasteiger partial charge in [-0.25, -0.2) is 4.79 Å². The van der Waals surface area contributed by atoms with E-state index < -0.39 is 5.97 Å². The second-order valence-corrected chi connectivity index (χ2v) is 4.31. The van der Waals surface area contributed by atoms with E-state index in [-0.39, 0.29) is 0 Å². The van der Waals surface area contributed by atoms with Gasteiger partial charge in [-0.3, -0.25) is 0 Å². The molecule has 1 aromatic carbocycles. The molecule has 0 saturated heterocycles. The van der Waals surface area contributed by atoms with Crippen molar-refractivity contribution in [3.05, 3.63) is 40.6 Å². The van der Waals surface area contributed by atoms with Crippen LogP contribution in [0.15, 0.2) is 24.3 Å².